The average Bonchev–Trinajstić information content (AvgIpc) is 2.31. The summed E-state index contributed by atoms with van der Waals surface area (Å²) in [7, 11) is 1.72. The van der Waals surface area contributed by atoms with Gasteiger partial charge >= 0.3 is 0 Å². The zero-order valence-corrected chi connectivity index (χ0v) is 10.6. The van der Waals surface area contributed by atoms with Crippen LogP contribution in [0.25, 0.3) is 0 Å². The predicted molar refractivity (Wildman–Crippen MR) is 68.0 cm³/mol. The van der Waals surface area contributed by atoms with Gasteiger partial charge in [0.15, 0.2) is 0 Å². The van der Waals surface area contributed by atoms with E-state index in [9.17, 15) is 4.79 Å². The summed E-state index contributed by atoms with van der Waals surface area (Å²) >= 11 is 0. The van der Waals surface area contributed by atoms with Crippen LogP contribution in [0.1, 0.15) is 18.9 Å². The Hall–Kier alpha value is -1.55. The van der Waals surface area contributed by atoms with Gasteiger partial charge in [-0.1, -0.05) is 18.2 Å². The second-order valence-electron chi connectivity index (χ2n) is 4.31. The normalized spacial score (nSPS) is 14.1. The number of ether oxygens (including phenoxy) is 1. The molecule has 1 aromatic rings. The summed E-state index contributed by atoms with van der Waals surface area (Å²) in [6.07, 6.45) is 0.535. The lowest BCUT2D eigenvalue weighted by molar-refractivity contribution is -0.124. The topological polar surface area (TPSA) is 64.3 Å². The van der Waals surface area contributed by atoms with Crippen molar-refractivity contribution < 1.29 is 9.53 Å². The van der Waals surface area contributed by atoms with Gasteiger partial charge in [0.05, 0.1) is 12.1 Å². The number of hydrogen-bond donors (Lipinski definition) is 2. The summed E-state index contributed by atoms with van der Waals surface area (Å²) in [5.74, 6) is 0.476. The Labute approximate surface area is 102 Å². The Morgan fingerprint density at radius 3 is 2.65 bits per heavy atom. The summed E-state index contributed by atoms with van der Waals surface area (Å²) in [5, 5.41) is 2.92. The molecule has 0 heterocycles. The maximum absolute atomic E-state index is 11.3. The summed E-state index contributed by atoms with van der Waals surface area (Å²) in [6, 6.07) is 7.79. The molecule has 0 radical (unpaired) electrons. The van der Waals surface area contributed by atoms with Gasteiger partial charge in [-0.3, -0.25) is 4.79 Å². The van der Waals surface area contributed by atoms with Crippen LogP contribution in [0.5, 0.6) is 5.75 Å². The van der Waals surface area contributed by atoms with Gasteiger partial charge in [-0.2, -0.15) is 0 Å². The van der Waals surface area contributed by atoms with Crippen LogP contribution in [0.2, 0.25) is 0 Å². The summed E-state index contributed by atoms with van der Waals surface area (Å²) < 4.78 is 5.64. The predicted octanol–water partition coefficient (Wildman–Crippen LogP) is 1.23. The Balaban J connectivity index is 2.53. The number of carbonyl (C=O) groups excluding carboxylic acids is 1. The number of benzene rings is 1. The van der Waals surface area contributed by atoms with E-state index in [0.717, 1.165) is 11.3 Å². The maximum atomic E-state index is 11.3. The van der Waals surface area contributed by atoms with Crippen molar-refractivity contribution in [3.8, 4) is 5.75 Å². The Kier molecular flexibility index (Phi) is 4.52. The molecule has 1 unspecified atom stereocenters. The van der Waals surface area contributed by atoms with Crippen LogP contribution < -0.4 is 15.8 Å². The molecule has 4 heteroatoms. The van der Waals surface area contributed by atoms with E-state index < -0.39 is 5.54 Å². The zero-order valence-electron chi connectivity index (χ0n) is 10.6. The lowest BCUT2D eigenvalue weighted by Gasteiger charge is -2.25. The van der Waals surface area contributed by atoms with Crippen LogP contribution in [0.3, 0.4) is 0 Å². The second-order valence-corrected chi connectivity index (χ2v) is 4.31. The third-order valence-corrected chi connectivity index (χ3v) is 3.05. The number of primary amides is 1. The van der Waals surface area contributed by atoms with Crippen LogP contribution in [0.15, 0.2) is 24.3 Å². The molecule has 1 amide bonds. The van der Waals surface area contributed by atoms with Gasteiger partial charge in [0.2, 0.25) is 5.91 Å². The maximum Gasteiger partial charge on any atom is 0.237 e. The first-order chi connectivity index (χ1) is 7.99. The highest BCUT2D eigenvalue weighted by molar-refractivity contribution is 5.84. The fourth-order valence-corrected chi connectivity index (χ4v) is 1.45. The standard InChI is InChI=1S/C13H20N2O2/c1-10-6-4-5-7-11(10)17-9-8-13(2,15-3)12(14)16/h4-7,15H,8-9H2,1-3H3,(H2,14,16). The number of para-hydroxylation sites is 1. The highest BCUT2D eigenvalue weighted by Gasteiger charge is 2.28. The fourth-order valence-electron chi connectivity index (χ4n) is 1.45. The van der Waals surface area contributed by atoms with E-state index in [1.54, 1.807) is 14.0 Å². The monoisotopic (exact) mass is 236 g/mol. The highest BCUT2D eigenvalue weighted by Crippen LogP contribution is 2.17. The molecule has 1 atom stereocenters. The van der Waals surface area contributed by atoms with Gasteiger partial charge in [-0.15, -0.1) is 0 Å². The molecule has 94 valence electrons. The van der Waals surface area contributed by atoms with Crippen molar-refractivity contribution in [1.29, 1.82) is 0 Å². The van der Waals surface area contributed by atoms with Crippen LogP contribution >= 0.6 is 0 Å². The van der Waals surface area contributed by atoms with E-state index in [4.69, 9.17) is 10.5 Å². The number of aryl methyl sites for hydroxylation is 1. The summed E-state index contributed by atoms with van der Waals surface area (Å²) in [4.78, 5) is 11.3. The largest absolute Gasteiger partial charge is 0.493 e. The average molecular weight is 236 g/mol. The molecule has 0 saturated heterocycles. The van der Waals surface area contributed by atoms with Crippen molar-refractivity contribution in [3.63, 3.8) is 0 Å². The number of likely N-dealkylation sites (N-methyl/N-ethyl adjacent to an activating group) is 1. The third kappa shape index (κ3) is 3.46. The minimum Gasteiger partial charge on any atom is -0.493 e. The van der Waals surface area contributed by atoms with Gasteiger partial charge in [0, 0.05) is 6.42 Å². The molecule has 0 aliphatic heterocycles. The highest BCUT2D eigenvalue weighted by atomic mass is 16.5. The minimum absolute atomic E-state index is 0.367. The lowest BCUT2D eigenvalue weighted by atomic mass is 9.98. The number of nitrogens with one attached hydrogen (secondary N) is 1. The minimum atomic E-state index is -0.720. The number of rotatable bonds is 6. The Morgan fingerprint density at radius 1 is 1.47 bits per heavy atom. The van der Waals surface area contributed by atoms with Gasteiger partial charge in [0.1, 0.15) is 5.75 Å². The van der Waals surface area contributed by atoms with Gasteiger partial charge in [0.25, 0.3) is 0 Å². The molecule has 0 fully saturated rings. The first-order valence-corrected chi connectivity index (χ1v) is 5.67. The lowest BCUT2D eigenvalue weighted by Crippen LogP contribution is -2.52. The van der Waals surface area contributed by atoms with Crippen LogP contribution in [0, 0.1) is 6.92 Å². The SMILES string of the molecule is CNC(C)(CCOc1ccccc1C)C(N)=O. The van der Waals surface area contributed by atoms with Crippen LogP contribution in [-0.4, -0.2) is 25.1 Å². The Bertz CT molecular complexity index is 393. The first-order valence-electron chi connectivity index (χ1n) is 5.67. The van der Waals surface area contributed by atoms with Crippen molar-refractivity contribution in [2.45, 2.75) is 25.8 Å². The molecule has 17 heavy (non-hydrogen) atoms. The smallest absolute Gasteiger partial charge is 0.237 e. The zero-order chi connectivity index (χ0) is 12.9. The van der Waals surface area contributed by atoms with E-state index in [2.05, 4.69) is 5.32 Å². The molecule has 0 bridgehead atoms. The molecule has 1 aromatic carbocycles. The van der Waals surface area contributed by atoms with Gasteiger partial charge in [-0.05, 0) is 32.5 Å². The quantitative estimate of drug-likeness (QED) is 0.780. The van der Waals surface area contributed by atoms with Crippen molar-refractivity contribution >= 4 is 5.91 Å². The molecule has 0 aliphatic rings. The number of hydrogen-bond acceptors (Lipinski definition) is 3. The molecule has 0 spiro atoms. The Morgan fingerprint density at radius 2 is 2.12 bits per heavy atom. The molecular weight excluding hydrogens is 216 g/mol. The number of amides is 1. The van der Waals surface area contributed by atoms with Gasteiger partial charge in [-0.25, -0.2) is 0 Å². The molecular formula is C13H20N2O2. The summed E-state index contributed by atoms with van der Waals surface area (Å²) in [5.41, 5.74) is 5.70. The number of nitrogens with two attached hydrogens (primary N) is 1. The molecule has 3 N–H and O–H groups in total. The van der Waals surface area contributed by atoms with Gasteiger partial charge < -0.3 is 15.8 Å². The van der Waals surface area contributed by atoms with Crippen molar-refractivity contribution in [3.05, 3.63) is 29.8 Å². The number of carbonyl (C=O) groups is 1. The fraction of sp³-hybridized carbons (Fsp3) is 0.462. The van der Waals surface area contributed by atoms with Crippen LogP contribution in [-0.2, 0) is 4.79 Å². The molecule has 0 aromatic heterocycles. The van der Waals surface area contributed by atoms with E-state index in [-0.39, 0.29) is 5.91 Å². The summed E-state index contributed by atoms with van der Waals surface area (Å²) in [6.45, 7) is 4.21. The molecule has 1 rings (SSSR count). The van der Waals surface area contributed by atoms with E-state index in [1.165, 1.54) is 0 Å². The van der Waals surface area contributed by atoms with Crippen molar-refractivity contribution in [1.82, 2.24) is 5.32 Å². The second kappa shape index (κ2) is 5.68. The van der Waals surface area contributed by atoms with Crippen LogP contribution in [0.4, 0.5) is 0 Å². The first kappa shape index (κ1) is 13.5. The van der Waals surface area contributed by atoms with E-state index in [0.29, 0.717) is 13.0 Å². The van der Waals surface area contributed by atoms with E-state index >= 15 is 0 Å². The molecule has 0 aliphatic carbocycles. The third-order valence-electron chi connectivity index (χ3n) is 3.05. The van der Waals surface area contributed by atoms with E-state index in [1.807, 2.05) is 31.2 Å². The van der Waals surface area contributed by atoms with Crippen molar-refractivity contribution in [2.24, 2.45) is 5.73 Å². The van der Waals surface area contributed by atoms with Crippen molar-refractivity contribution in [2.75, 3.05) is 13.7 Å². The molecule has 0 saturated carbocycles. The molecule has 4 nitrogen and oxygen atoms in total.